The van der Waals surface area contributed by atoms with E-state index in [1.807, 2.05) is 0 Å². The van der Waals surface area contributed by atoms with Crippen molar-refractivity contribution in [2.75, 3.05) is 5.43 Å². The normalized spacial score (nSPS) is 10.6. The second kappa shape index (κ2) is 5.35. The predicted molar refractivity (Wildman–Crippen MR) is 62.1 cm³/mol. The van der Waals surface area contributed by atoms with E-state index in [-0.39, 0.29) is 11.4 Å². The maximum absolute atomic E-state index is 10.7. The number of non-ortho nitro benzene ring substituents is 1. The number of hydrazone groups is 1. The smallest absolute Gasteiger partial charge is 0.271 e. The van der Waals surface area contributed by atoms with Crippen LogP contribution >= 0.6 is 0 Å². The largest absolute Gasteiger partial charge is 0.301 e. The van der Waals surface area contributed by atoms with Gasteiger partial charge in [-0.25, -0.2) is 0 Å². The number of hydrogen-bond acceptors (Lipinski definition) is 7. The van der Waals surface area contributed by atoms with Gasteiger partial charge in [0.2, 0.25) is 0 Å². The number of anilines is 1. The minimum absolute atomic E-state index is 0.0276. The molecule has 18 heavy (non-hydrogen) atoms. The van der Waals surface area contributed by atoms with Crippen LogP contribution < -0.4 is 5.43 Å². The van der Waals surface area contributed by atoms with E-state index in [1.54, 1.807) is 6.07 Å². The monoisotopic (exact) mass is 249 g/mol. The van der Waals surface area contributed by atoms with E-state index in [9.17, 15) is 20.2 Å². The van der Waals surface area contributed by atoms with Crippen molar-refractivity contribution < 1.29 is 9.85 Å². The highest BCUT2D eigenvalue weighted by Crippen LogP contribution is 2.28. The number of nitro benzene ring substituents is 2. The van der Waals surface area contributed by atoms with Gasteiger partial charge >= 0.3 is 5.69 Å². The Morgan fingerprint density at radius 1 is 1.39 bits per heavy atom. The third-order valence-corrected chi connectivity index (χ3v) is 1.89. The van der Waals surface area contributed by atoms with Crippen LogP contribution in [0.5, 0.6) is 0 Å². The average molecular weight is 249 g/mol. The van der Waals surface area contributed by atoms with Crippen molar-refractivity contribution in [3.05, 3.63) is 38.4 Å². The second-order valence-electron chi connectivity index (χ2n) is 3.14. The topological polar surface area (TPSA) is 134 Å². The van der Waals surface area contributed by atoms with Crippen LogP contribution in [0.3, 0.4) is 0 Å². The van der Waals surface area contributed by atoms with Gasteiger partial charge in [-0.05, 0) is 13.0 Å². The molecule has 0 heterocycles. The Morgan fingerprint density at radius 3 is 2.56 bits per heavy atom. The summed E-state index contributed by atoms with van der Waals surface area (Å²) in [5, 5.41) is 33.3. The molecule has 1 aromatic rings. The zero-order valence-corrected chi connectivity index (χ0v) is 9.15. The number of rotatable bonds is 4. The summed E-state index contributed by atoms with van der Waals surface area (Å²) in [7, 11) is 0. The molecular weight excluding hydrogens is 242 g/mol. The van der Waals surface area contributed by atoms with E-state index >= 15 is 0 Å². The van der Waals surface area contributed by atoms with Crippen LogP contribution in [0, 0.1) is 31.6 Å². The molecule has 0 spiro atoms. The molecule has 0 aromatic heterocycles. The number of nitriles is 1. The Hall–Kier alpha value is -3.02. The molecule has 0 saturated carbocycles. The van der Waals surface area contributed by atoms with Gasteiger partial charge in [-0.2, -0.15) is 10.4 Å². The lowest BCUT2D eigenvalue weighted by Gasteiger charge is -2.01. The summed E-state index contributed by atoms with van der Waals surface area (Å²) in [4.78, 5) is 19.7. The quantitative estimate of drug-likeness (QED) is 0.491. The van der Waals surface area contributed by atoms with Crippen molar-refractivity contribution in [3.8, 4) is 6.07 Å². The van der Waals surface area contributed by atoms with Crippen LogP contribution in [0.15, 0.2) is 23.3 Å². The first kappa shape index (κ1) is 13.0. The number of nitro groups is 2. The van der Waals surface area contributed by atoms with Crippen molar-refractivity contribution in [1.82, 2.24) is 0 Å². The fourth-order valence-corrected chi connectivity index (χ4v) is 1.05. The molecule has 0 fully saturated rings. The zero-order chi connectivity index (χ0) is 13.7. The van der Waals surface area contributed by atoms with Crippen molar-refractivity contribution in [3.63, 3.8) is 0 Å². The summed E-state index contributed by atoms with van der Waals surface area (Å²) in [5.74, 6) is 0. The molecule has 92 valence electrons. The third kappa shape index (κ3) is 2.99. The van der Waals surface area contributed by atoms with Gasteiger partial charge in [0, 0.05) is 6.07 Å². The molecule has 0 bridgehead atoms. The molecule has 1 aromatic carbocycles. The summed E-state index contributed by atoms with van der Waals surface area (Å²) < 4.78 is 0. The summed E-state index contributed by atoms with van der Waals surface area (Å²) in [5.41, 5.74) is 1.47. The van der Waals surface area contributed by atoms with Crippen LogP contribution in [0.25, 0.3) is 0 Å². The van der Waals surface area contributed by atoms with Crippen molar-refractivity contribution in [1.29, 1.82) is 5.26 Å². The maximum Gasteiger partial charge on any atom is 0.301 e. The van der Waals surface area contributed by atoms with Gasteiger partial charge in [0.05, 0.1) is 15.9 Å². The van der Waals surface area contributed by atoms with E-state index < -0.39 is 21.2 Å². The van der Waals surface area contributed by atoms with E-state index in [4.69, 9.17) is 5.26 Å². The van der Waals surface area contributed by atoms with E-state index in [1.165, 1.54) is 6.92 Å². The molecular formula is C9H7N5O4. The van der Waals surface area contributed by atoms with E-state index in [2.05, 4.69) is 10.5 Å². The molecule has 0 unspecified atom stereocenters. The highest BCUT2D eigenvalue weighted by Gasteiger charge is 2.19. The molecule has 0 aliphatic heterocycles. The van der Waals surface area contributed by atoms with Gasteiger partial charge < -0.3 is 0 Å². The molecule has 0 atom stereocenters. The highest BCUT2D eigenvalue weighted by atomic mass is 16.6. The first-order chi connectivity index (χ1) is 8.45. The molecule has 9 heteroatoms. The average Bonchev–Trinajstić information content (AvgIpc) is 2.35. The predicted octanol–water partition coefficient (Wildman–Crippen LogP) is 1.81. The number of nitrogens with zero attached hydrogens (tertiary/aromatic N) is 4. The van der Waals surface area contributed by atoms with Crippen LogP contribution in [0.4, 0.5) is 17.1 Å². The molecule has 0 saturated heterocycles. The van der Waals surface area contributed by atoms with Gasteiger partial charge in [0.1, 0.15) is 17.5 Å². The molecule has 0 radical (unpaired) electrons. The molecule has 1 rings (SSSR count). The van der Waals surface area contributed by atoms with Crippen molar-refractivity contribution in [2.45, 2.75) is 6.92 Å². The fraction of sp³-hybridized carbons (Fsp3) is 0.111. The number of hydrogen-bond donors (Lipinski definition) is 1. The number of benzene rings is 1. The van der Waals surface area contributed by atoms with Gasteiger partial charge in [-0.3, -0.25) is 25.7 Å². The Bertz CT molecular complexity index is 575. The summed E-state index contributed by atoms with van der Waals surface area (Å²) in [6.45, 7) is 1.41. The van der Waals surface area contributed by atoms with Crippen LogP contribution in [-0.2, 0) is 0 Å². The standard InChI is InChI=1S/C9H7N5O4/c1-6(5-10)11-12-8-3-2-7(13(15)16)4-9(8)14(17)18/h2-4,12H,1H3. The Morgan fingerprint density at radius 2 is 2.06 bits per heavy atom. The molecule has 0 amide bonds. The summed E-state index contributed by atoms with van der Waals surface area (Å²) >= 11 is 0. The van der Waals surface area contributed by atoms with Gasteiger partial charge in [-0.15, -0.1) is 0 Å². The highest BCUT2D eigenvalue weighted by molar-refractivity contribution is 5.96. The zero-order valence-electron chi connectivity index (χ0n) is 9.15. The Kier molecular flexibility index (Phi) is 3.88. The summed E-state index contributed by atoms with van der Waals surface area (Å²) in [6, 6.07) is 4.80. The van der Waals surface area contributed by atoms with Crippen molar-refractivity contribution in [2.24, 2.45) is 5.10 Å². The first-order valence-electron chi connectivity index (χ1n) is 4.59. The van der Waals surface area contributed by atoms with Gasteiger partial charge in [-0.1, -0.05) is 0 Å². The molecule has 9 nitrogen and oxygen atoms in total. The Balaban J connectivity index is 3.17. The van der Waals surface area contributed by atoms with Crippen LogP contribution in [0.1, 0.15) is 6.92 Å². The SMILES string of the molecule is CC(C#N)=NNc1ccc([N+](=O)[O-])cc1[N+](=O)[O-]. The minimum atomic E-state index is -0.771. The molecule has 0 aliphatic carbocycles. The lowest BCUT2D eigenvalue weighted by Crippen LogP contribution is -2.00. The third-order valence-electron chi connectivity index (χ3n) is 1.89. The lowest BCUT2D eigenvalue weighted by atomic mass is 10.2. The fourth-order valence-electron chi connectivity index (χ4n) is 1.05. The van der Waals surface area contributed by atoms with E-state index in [0.29, 0.717) is 0 Å². The Labute approximate surface area is 101 Å². The van der Waals surface area contributed by atoms with Crippen LogP contribution in [-0.4, -0.2) is 15.6 Å². The first-order valence-corrected chi connectivity index (χ1v) is 4.59. The number of nitrogens with one attached hydrogen (secondary N) is 1. The molecule has 0 aliphatic rings. The van der Waals surface area contributed by atoms with Crippen LogP contribution in [0.2, 0.25) is 0 Å². The van der Waals surface area contributed by atoms with Gasteiger partial charge in [0.25, 0.3) is 5.69 Å². The second-order valence-corrected chi connectivity index (χ2v) is 3.14. The van der Waals surface area contributed by atoms with Crippen molar-refractivity contribution >= 4 is 22.8 Å². The molecule has 1 N–H and O–H groups in total. The maximum atomic E-state index is 10.7. The lowest BCUT2D eigenvalue weighted by molar-refractivity contribution is -0.393. The minimum Gasteiger partial charge on any atom is -0.271 e. The van der Waals surface area contributed by atoms with Gasteiger partial charge in [0.15, 0.2) is 0 Å². The van der Waals surface area contributed by atoms with E-state index in [0.717, 1.165) is 18.2 Å². The summed E-state index contributed by atoms with van der Waals surface area (Å²) in [6.07, 6.45) is 0.